The number of hydrogen-bond acceptors (Lipinski definition) is 5. The first kappa shape index (κ1) is 12.3. The van der Waals surface area contributed by atoms with E-state index in [1.54, 1.807) is 10.9 Å². The van der Waals surface area contributed by atoms with Gasteiger partial charge in [-0.2, -0.15) is 5.10 Å². The summed E-state index contributed by atoms with van der Waals surface area (Å²) in [4.78, 5) is 9.07. The van der Waals surface area contributed by atoms with Crippen LogP contribution in [0.3, 0.4) is 0 Å². The van der Waals surface area contributed by atoms with E-state index in [-0.39, 0.29) is 0 Å². The van der Waals surface area contributed by atoms with E-state index in [9.17, 15) is 0 Å². The first-order chi connectivity index (χ1) is 9.28. The van der Waals surface area contributed by atoms with Crippen molar-refractivity contribution in [1.29, 1.82) is 0 Å². The molecule has 0 bridgehead atoms. The lowest BCUT2D eigenvalue weighted by Gasteiger charge is -2.25. The van der Waals surface area contributed by atoms with E-state index >= 15 is 0 Å². The van der Waals surface area contributed by atoms with Crippen LogP contribution >= 0.6 is 0 Å². The predicted molar refractivity (Wildman–Crippen MR) is 72.9 cm³/mol. The molecule has 3 rings (SSSR count). The van der Waals surface area contributed by atoms with Crippen LogP contribution in [0.2, 0.25) is 0 Å². The number of aromatic nitrogens is 4. The van der Waals surface area contributed by atoms with Crippen molar-refractivity contribution < 1.29 is 4.74 Å². The molecule has 0 atom stereocenters. The Labute approximate surface area is 112 Å². The summed E-state index contributed by atoms with van der Waals surface area (Å²) in [6, 6.07) is 0. The molecule has 2 heterocycles. The van der Waals surface area contributed by atoms with Crippen molar-refractivity contribution in [2.75, 3.05) is 11.9 Å². The smallest absolute Gasteiger partial charge is 0.163 e. The Morgan fingerprint density at radius 1 is 1.42 bits per heavy atom. The molecule has 2 aromatic heterocycles. The molecular formula is C13H19N5O. The van der Waals surface area contributed by atoms with E-state index in [4.69, 9.17) is 4.74 Å². The van der Waals surface area contributed by atoms with Gasteiger partial charge in [0.1, 0.15) is 12.4 Å². The maximum Gasteiger partial charge on any atom is 0.163 e. The number of anilines is 1. The third-order valence-electron chi connectivity index (χ3n) is 3.48. The van der Waals surface area contributed by atoms with Gasteiger partial charge in [0.25, 0.3) is 0 Å². The fraction of sp³-hybridized carbons (Fsp3) is 0.615. The van der Waals surface area contributed by atoms with Crippen molar-refractivity contribution >= 4 is 16.9 Å². The van der Waals surface area contributed by atoms with Crippen molar-refractivity contribution in [3.63, 3.8) is 0 Å². The SMILES string of the molecule is CCNc1nc(COC2CCC2)nc2c1cnn2C. The van der Waals surface area contributed by atoms with Crippen molar-refractivity contribution in [3.8, 4) is 0 Å². The summed E-state index contributed by atoms with van der Waals surface area (Å²) < 4.78 is 7.55. The van der Waals surface area contributed by atoms with Gasteiger partial charge in [0.2, 0.25) is 0 Å². The number of nitrogens with one attached hydrogen (secondary N) is 1. The van der Waals surface area contributed by atoms with E-state index in [1.807, 2.05) is 7.05 Å². The van der Waals surface area contributed by atoms with Crippen molar-refractivity contribution in [2.45, 2.75) is 38.9 Å². The Kier molecular flexibility index (Phi) is 3.33. The summed E-state index contributed by atoms with van der Waals surface area (Å²) in [5.74, 6) is 1.56. The number of fused-ring (bicyclic) bond motifs is 1. The lowest BCUT2D eigenvalue weighted by Crippen LogP contribution is -2.21. The molecule has 6 nitrogen and oxygen atoms in total. The average molecular weight is 261 g/mol. The first-order valence-electron chi connectivity index (χ1n) is 6.82. The molecule has 0 aliphatic heterocycles. The van der Waals surface area contributed by atoms with Crippen molar-refractivity contribution in [3.05, 3.63) is 12.0 Å². The molecule has 0 radical (unpaired) electrons. The van der Waals surface area contributed by atoms with E-state index < -0.39 is 0 Å². The fourth-order valence-corrected chi connectivity index (χ4v) is 2.16. The number of ether oxygens (including phenoxy) is 1. The topological polar surface area (TPSA) is 64.9 Å². The Hall–Kier alpha value is -1.69. The summed E-state index contributed by atoms with van der Waals surface area (Å²) in [5, 5.41) is 8.45. The monoisotopic (exact) mass is 261 g/mol. The average Bonchev–Trinajstić information content (AvgIpc) is 2.70. The molecule has 0 aromatic carbocycles. The number of nitrogens with zero attached hydrogens (tertiary/aromatic N) is 4. The van der Waals surface area contributed by atoms with E-state index in [0.29, 0.717) is 12.7 Å². The van der Waals surface area contributed by atoms with Gasteiger partial charge in [-0.15, -0.1) is 0 Å². The van der Waals surface area contributed by atoms with Gasteiger partial charge in [0, 0.05) is 13.6 Å². The van der Waals surface area contributed by atoms with Crippen molar-refractivity contribution in [2.24, 2.45) is 7.05 Å². The standard InChI is InChI=1S/C13H19N5O/c1-3-14-12-10-7-15-18(2)13(10)17-11(16-12)8-19-9-5-4-6-9/h7,9H,3-6,8H2,1-2H3,(H,14,16,17). The number of rotatable bonds is 5. The second kappa shape index (κ2) is 5.13. The molecule has 0 spiro atoms. The molecule has 2 aromatic rings. The quantitative estimate of drug-likeness (QED) is 0.890. The second-order valence-corrected chi connectivity index (χ2v) is 4.89. The zero-order chi connectivity index (χ0) is 13.2. The maximum atomic E-state index is 5.78. The number of aryl methyl sites for hydroxylation is 1. The predicted octanol–water partition coefficient (Wildman–Crippen LogP) is 1.86. The van der Waals surface area contributed by atoms with Crippen LogP contribution in [0.4, 0.5) is 5.82 Å². The molecule has 1 fully saturated rings. The third kappa shape index (κ3) is 2.40. The van der Waals surface area contributed by atoms with Crippen LogP contribution in [0.5, 0.6) is 0 Å². The molecule has 6 heteroatoms. The summed E-state index contributed by atoms with van der Waals surface area (Å²) >= 11 is 0. The van der Waals surface area contributed by atoms with Gasteiger partial charge in [-0.05, 0) is 26.2 Å². The minimum Gasteiger partial charge on any atom is -0.370 e. The fourth-order valence-electron chi connectivity index (χ4n) is 2.16. The summed E-state index contributed by atoms with van der Waals surface area (Å²) in [5.41, 5.74) is 0.846. The van der Waals surface area contributed by atoms with Crippen LogP contribution in [0.25, 0.3) is 11.0 Å². The van der Waals surface area contributed by atoms with E-state index in [0.717, 1.165) is 42.1 Å². The molecule has 1 saturated carbocycles. The first-order valence-corrected chi connectivity index (χ1v) is 6.82. The zero-order valence-electron chi connectivity index (χ0n) is 11.4. The molecule has 102 valence electrons. The molecule has 0 unspecified atom stereocenters. The molecule has 1 aliphatic rings. The van der Waals surface area contributed by atoms with Crippen LogP contribution in [0, 0.1) is 0 Å². The molecule has 1 N–H and O–H groups in total. The van der Waals surface area contributed by atoms with Crippen molar-refractivity contribution in [1.82, 2.24) is 19.7 Å². The van der Waals surface area contributed by atoms with E-state index in [2.05, 4.69) is 27.3 Å². The Morgan fingerprint density at radius 2 is 2.26 bits per heavy atom. The second-order valence-electron chi connectivity index (χ2n) is 4.89. The highest BCUT2D eigenvalue weighted by Crippen LogP contribution is 2.24. The van der Waals surface area contributed by atoms with Gasteiger partial charge in [0.15, 0.2) is 11.5 Å². The van der Waals surface area contributed by atoms with Gasteiger partial charge in [-0.3, -0.25) is 4.68 Å². The normalized spacial score (nSPS) is 15.7. The molecule has 1 aliphatic carbocycles. The molecule has 19 heavy (non-hydrogen) atoms. The molecular weight excluding hydrogens is 242 g/mol. The van der Waals surface area contributed by atoms with Crippen LogP contribution in [-0.4, -0.2) is 32.4 Å². The zero-order valence-corrected chi connectivity index (χ0v) is 11.4. The summed E-state index contributed by atoms with van der Waals surface area (Å²) in [7, 11) is 1.89. The van der Waals surface area contributed by atoms with E-state index in [1.165, 1.54) is 6.42 Å². The minimum atomic E-state index is 0.397. The Balaban J connectivity index is 1.87. The highest BCUT2D eigenvalue weighted by molar-refractivity contribution is 5.86. The third-order valence-corrected chi connectivity index (χ3v) is 3.48. The van der Waals surface area contributed by atoms with Gasteiger partial charge in [-0.25, -0.2) is 9.97 Å². The van der Waals surface area contributed by atoms with Crippen LogP contribution in [0.15, 0.2) is 6.20 Å². The lowest BCUT2D eigenvalue weighted by atomic mass is 9.96. The molecule has 0 amide bonds. The van der Waals surface area contributed by atoms with Crippen LogP contribution in [0.1, 0.15) is 32.0 Å². The highest BCUT2D eigenvalue weighted by Gasteiger charge is 2.19. The Bertz CT molecular complexity index is 576. The largest absolute Gasteiger partial charge is 0.370 e. The number of hydrogen-bond donors (Lipinski definition) is 1. The highest BCUT2D eigenvalue weighted by atomic mass is 16.5. The maximum absolute atomic E-state index is 5.78. The summed E-state index contributed by atoms with van der Waals surface area (Å²) in [6.07, 6.45) is 5.79. The lowest BCUT2D eigenvalue weighted by molar-refractivity contribution is -0.0115. The van der Waals surface area contributed by atoms with Crippen LogP contribution < -0.4 is 5.32 Å². The molecule has 0 saturated heterocycles. The van der Waals surface area contributed by atoms with Gasteiger partial charge < -0.3 is 10.1 Å². The minimum absolute atomic E-state index is 0.397. The Morgan fingerprint density at radius 3 is 2.95 bits per heavy atom. The summed E-state index contributed by atoms with van der Waals surface area (Å²) in [6.45, 7) is 3.35. The van der Waals surface area contributed by atoms with Crippen LogP contribution in [-0.2, 0) is 18.4 Å². The van der Waals surface area contributed by atoms with Gasteiger partial charge in [-0.1, -0.05) is 0 Å². The van der Waals surface area contributed by atoms with Gasteiger partial charge >= 0.3 is 0 Å². The van der Waals surface area contributed by atoms with Gasteiger partial charge in [0.05, 0.1) is 17.7 Å².